The van der Waals surface area contributed by atoms with Crippen molar-refractivity contribution in [2.75, 3.05) is 11.9 Å². The maximum absolute atomic E-state index is 13.0. The largest absolute Gasteiger partial charge is 0.463 e. The first-order valence-corrected chi connectivity index (χ1v) is 10.1. The van der Waals surface area contributed by atoms with E-state index in [1.807, 2.05) is 30.3 Å². The lowest BCUT2D eigenvalue weighted by molar-refractivity contribution is -0.384. The fourth-order valence-electron chi connectivity index (χ4n) is 3.59. The van der Waals surface area contributed by atoms with Crippen LogP contribution in [0, 0.1) is 16.0 Å². The number of amides is 2. The van der Waals surface area contributed by atoms with Crippen LogP contribution in [-0.2, 0) is 25.7 Å². The molecule has 0 spiro atoms. The molecule has 1 N–H and O–H groups in total. The second-order valence-corrected chi connectivity index (χ2v) is 7.24. The highest BCUT2D eigenvalue weighted by molar-refractivity contribution is 6.06. The number of nitrogens with zero attached hydrogens (tertiary/aromatic N) is 2. The molecule has 3 rings (SSSR count). The molecule has 1 aliphatic rings. The predicted molar refractivity (Wildman–Crippen MR) is 116 cm³/mol. The van der Waals surface area contributed by atoms with Crippen molar-refractivity contribution in [1.82, 2.24) is 4.90 Å². The van der Waals surface area contributed by atoms with Crippen molar-refractivity contribution in [3.8, 4) is 0 Å². The van der Waals surface area contributed by atoms with Gasteiger partial charge in [0.15, 0.2) is 0 Å². The van der Waals surface area contributed by atoms with Crippen LogP contribution >= 0.6 is 0 Å². The highest BCUT2D eigenvalue weighted by atomic mass is 16.6. The Labute approximate surface area is 184 Å². The molecular weight excluding hydrogens is 414 g/mol. The molecule has 1 atom stereocenters. The van der Waals surface area contributed by atoms with Crippen molar-refractivity contribution in [3.63, 3.8) is 0 Å². The third-order valence-electron chi connectivity index (χ3n) is 5.14. The average molecular weight is 437 g/mol. The maximum Gasteiger partial charge on any atom is 0.336 e. The Morgan fingerprint density at radius 3 is 2.56 bits per heavy atom. The Bertz CT molecular complexity index is 1080. The van der Waals surface area contributed by atoms with Crippen LogP contribution in [0.15, 0.2) is 65.9 Å². The van der Waals surface area contributed by atoms with E-state index in [4.69, 9.17) is 4.74 Å². The second kappa shape index (κ2) is 9.86. The molecule has 0 saturated heterocycles. The van der Waals surface area contributed by atoms with E-state index in [0.29, 0.717) is 5.70 Å². The summed E-state index contributed by atoms with van der Waals surface area (Å²) in [5, 5.41) is 13.6. The highest BCUT2D eigenvalue weighted by Crippen LogP contribution is 2.32. The number of hydrogen-bond donors (Lipinski definition) is 1. The number of ether oxygens (including phenoxy) is 1. The summed E-state index contributed by atoms with van der Waals surface area (Å²) in [5.74, 6) is -2.67. The average Bonchev–Trinajstić information content (AvgIpc) is 2.77. The fraction of sp³-hybridized carbons (Fsp3) is 0.261. The number of benzene rings is 2. The minimum atomic E-state index is -1.08. The van der Waals surface area contributed by atoms with Crippen LogP contribution in [-0.4, -0.2) is 34.2 Å². The van der Waals surface area contributed by atoms with Gasteiger partial charge < -0.3 is 15.0 Å². The highest BCUT2D eigenvalue weighted by Gasteiger charge is 2.40. The van der Waals surface area contributed by atoms with Crippen molar-refractivity contribution < 1.29 is 24.0 Å². The molecular formula is C23H23N3O6. The number of esters is 1. The molecule has 0 fully saturated rings. The monoisotopic (exact) mass is 437 g/mol. The molecule has 0 bridgehead atoms. The number of anilines is 1. The van der Waals surface area contributed by atoms with Gasteiger partial charge in [-0.15, -0.1) is 0 Å². The lowest BCUT2D eigenvalue weighted by Crippen LogP contribution is -2.42. The number of nitrogens with one attached hydrogen (secondary N) is 1. The Morgan fingerprint density at radius 1 is 1.19 bits per heavy atom. The quantitative estimate of drug-likeness (QED) is 0.403. The van der Waals surface area contributed by atoms with Gasteiger partial charge in [0.2, 0.25) is 11.8 Å². The molecule has 9 nitrogen and oxygen atoms in total. The molecule has 2 amide bonds. The summed E-state index contributed by atoms with van der Waals surface area (Å²) in [6, 6.07) is 14.8. The minimum absolute atomic E-state index is 0.102. The molecule has 0 aromatic heterocycles. The van der Waals surface area contributed by atoms with Gasteiger partial charge >= 0.3 is 5.97 Å². The van der Waals surface area contributed by atoms with E-state index in [1.165, 1.54) is 29.2 Å². The summed E-state index contributed by atoms with van der Waals surface area (Å²) in [6.45, 7) is 3.64. The van der Waals surface area contributed by atoms with Crippen LogP contribution in [0.4, 0.5) is 11.4 Å². The zero-order valence-corrected chi connectivity index (χ0v) is 17.7. The number of carbonyl (C=O) groups excluding carboxylic acids is 3. The topological polar surface area (TPSA) is 119 Å². The van der Waals surface area contributed by atoms with Crippen LogP contribution in [0.3, 0.4) is 0 Å². The molecule has 166 valence electrons. The van der Waals surface area contributed by atoms with Crippen LogP contribution in [0.1, 0.15) is 25.8 Å². The Hall–Kier alpha value is -4.01. The van der Waals surface area contributed by atoms with Crippen LogP contribution in [0.25, 0.3) is 0 Å². The summed E-state index contributed by atoms with van der Waals surface area (Å²) in [4.78, 5) is 50.6. The summed E-state index contributed by atoms with van der Waals surface area (Å²) < 4.78 is 5.16. The molecule has 2 aromatic rings. The number of hydrogen-bond acceptors (Lipinski definition) is 6. The van der Waals surface area contributed by atoms with E-state index >= 15 is 0 Å². The van der Waals surface area contributed by atoms with Gasteiger partial charge in [-0.3, -0.25) is 19.7 Å². The summed E-state index contributed by atoms with van der Waals surface area (Å²) in [6.07, 6.45) is -0.223. The summed E-state index contributed by atoms with van der Waals surface area (Å²) in [5.41, 5.74) is 1.34. The van der Waals surface area contributed by atoms with Gasteiger partial charge in [-0.2, -0.15) is 0 Å². The van der Waals surface area contributed by atoms with E-state index in [2.05, 4.69) is 5.32 Å². The third-order valence-corrected chi connectivity index (χ3v) is 5.14. The Morgan fingerprint density at radius 2 is 1.91 bits per heavy atom. The van der Waals surface area contributed by atoms with Crippen molar-refractivity contribution in [2.45, 2.75) is 26.8 Å². The first-order chi connectivity index (χ1) is 15.3. The lowest BCUT2D eigenvalue weighted by atomic mass is 9.88. The lowest BCUT2D eigenvalue weighted by Gasteiger charge is -2.33. The molecule has 9 heteroatoms. The molecule has 32 heavy (non-hydrogen) atoms. The number of carbonyl (C=O) groups is 3. The van der Waals surface area contributed by atoms with Gasteiger partial charge in [0.05, 0.1) is 29.6 Å². The predicted octanol–water partition coefficient (Wildman–Crippen LogP) is 3.42. The van der Waals surface area contributed by atoms with E-state index in [9.17, 15) is 24.5 Å². The normalized spacial score (nSPS) is 16.0. The van der Waals surface area contributed by atoms with E-state index < -0.39 is 22.7 Å². The minimum Gasteiger partial charge on any atom is -0.463 e. The second-order valence-electron chi connectivity index (χ2n) is 7.24. The summed E-state index contributed by atoms with van der Waals surface area (Å²) in [7, 11) is 0. The standard InChI is InChI=1S/C23H23N3O6/c1-3-32-23(29)21-15(2)25(14-16-8-5-4-6-9-16)20(27)13-19(21)22(28)24-17-10-7-11-18(12-17)26(30)31/h4-12,19H,3,13-14H2,1-2H3,(H,24,28). The third kappa shape index (κ3) is 5.00. The van der Waals surface area contributed by atoms with Gasteiger partial charge in [0.1, 0.15) is 0 Å². The number of non-ortho nitro benzene ring substituents is 1. The Balaban J connectivity index is 1.92. The van der Waals surface area contributed by atoms with Crippen molar-refractivity contribution in [3.05, 3.63) is 81.5 Å². The van der Waals surface area contributed by atoms with Crippen molar-refractivity contribution >= 4 is 29.2 Å². The smallest absolute Gasteiger partial charge is 0.336 e. The molecule has 1 unspecified atom stereocenters. The van der Waals surface area contributed by atoms with Gasteiger partial charge in [0, 0.05) is 29.9 Å². The first-order valence-electron chi connectivity index (χ1n) is 10.1. The van der Waals surface area contributed by atoms with Gasteiger partial charge in [0.25, 0.3) is 5.69 Å². The van der Waals surface area contributed by atoms with E-state index in [0.717, 1.165) is 5.56 Å². The Kier molecular flexibility index (Phi) is 6.99. The number of allylic oxidation sites excluding steroid dienone is 1. The van der Waals surface area contributed by atoms with Gasteiger partial charge in [-0.05, 0) is 25.5 Å². The van der Waals surface area contributed by atoms with Crippen LogP contribution in [0.2, 0.25) is 0 Å². The number of rotatable bonds is 7. The SMILES string of the molecule is CCOC(=O)C1=C(C)N(Cc2ccccc2)C(=O)CC1C(=O)Nc1cccc([N+](=O)[O-])c1. The van der Waals surface area contributed by atoms with Gasteiger partial charge in [-0.25, -0.2) is 4.79 Å². The zero-order valence-electron chi connectivity index (χ0n) is 17.7. The number of nitro groups is 1. The number of nitro benzene ring substituents is 1. The molecule has 0 aliphatic carbocycles. The molecule has 1 heterocycles. The molecule has 0 saturated carbocycles. The van der Waals surface area contributed by atoms with Crippen LogP contribution < -0.4 is 5.32 Å². The van der Waals surface area contributed by atoms with Gasteiger partial charge in [-0.1, -0.05) is 36.4 Å². The van der Waals surface area contributed by atoms with E-state index in [-0.39, 0.29) is 42.4 Å². The van der Waals surface area contributed by atoms with Crippen molar-refractivity contribution in [1.29, 1.82) is 0 Å². The maximum atomic E-state index is 13.0. The van der Waals surface area contributed by atoms with E-state index in [1.54, 1.807) is 13.8 Å². The van der Waals surface area contributed by atoms with Crippen molar-refractivity contribution in [2.24, 2.45) is 5.92 Å². The van der Waals surface area contributed by atoms with Crippen LogP contribution in [0.5, 0.6) is 0 Å². The first kappa shape index (κ1) is 22.7. The zero-order chi connectivity index (χ0) is 23.3. The molecule has 0 radical (unpaired) electrons. The molecule has 2 aromatic carbocycles. The summed E-state index contributed by atoms with van der Waals surface area (Å²) >= 11 is 0. The molecule has 1 aliphatic heterocycles. The fourth-order valence-corrected chi connectivity index (χ4v) is 3.59.